The molecule has 0 saturated heterocycles. The fraction of sp³-hybridized carbons (Fsp3) is 0.300. The van der Waals surface area contributed by atoms with Gasteiger partial charge in [0, 0.05) is 17.0 Å². The van der Waals surface area contributed by atoms with Crippen molar-refractivity contribution in [2.24, 2.45) is 0 Å². The molecule has 1 aromatic carbocycles. The van der Waals surface area contributed by atoms with Crippen LogP contribution in [0, 0.1) is 5.82 Å². The lowest BCUT2D eigenvalue weighted by atomic mass is 9.97. The zero-order chi connectivity index (χ0) is 17.9. The summed E-state index contributed by atoms with van der Waals surface area (Å²) in [4.78, 5) is 17.0. The van der Waals surface area contributed by atoms with Crippen LogP contribution in [0.4, 0.5) is 4.39 Å². The Morgan fingerprint density at radius 2 is 1.96 bits per heavy atom. The van der Waals surface area contributed by atoms with E-state index in [-0.39, 0.29) is 11.5 Å². The number of fused-ring (bicyclic) bond motifs is 1. The van der Waals surface area contributed by atoms with Crippen molar-refractivity contribution < 1.29 is 8.81 Å². The summed E-state index contributed by atoms with van der Waals surface area (Å²) in [5.41, 5.74) is 3.04. The summed E-state index contributed by atoms with van der Waals surface area (Å²) >= 11 is 1.55. The summed E-state index contributed by atoms with van der Waals surface area (Å²) in [6.07, 6.45) is 5.63. The molecule has 0 bridgehead atoms. The third-order valence-corrected chi connectivity index (χ3v) is 5.72. The number of furan rings is 1. The Morgan fingerprint density at radius 3 is 2.73 bits per heavy atom. The number of halogens is 1. The van der Waals surface area contributed by atoms with Gasteiger partial charge in [-0.3, -0.25) is 4.57 Å². The van der Waals surface area contributed by atoms with Gasteiger partial charge in [-0.2, -0.15) is 4.98 Å². The van der Waals surface area contributed by atoms with Gasteiger partial charge in [-0.1, -0.05) is 12.1 Å². The number of hydrogen-bond acceptors (Lipinski definition) is 4. The van der Waals surface area contributed by atoms with Crippen LogP contribution in [-0.4, -0.2) is 9.55 Å². The fourth-order valence-electron chi connectivity index (χ4n) is 3.32. The van der Waals surface area contributed by atoms with Crippen LogP contribution in [0.3, 0.4) is 0 Å². The molecule has 3 aromatic rings. The van der Waals surface area contributed by atoms with E-state index in [1.165, 1.54) is 17.7 Å². The summed E-state index contributed by atoms with van der Waals surface area (Å²) in [7, 11) is 0. The van der Waals surface area contributed by atoms with Crippen molar-refractivity contribution in [1.29, 1.82) is 0 Å². The second-order valence-electron chi connectivity index (χ2n) is 6.41. The first kappa shape index (κ1) is 17.1. The van der Waals surface area contributed by atoms with Crippen molar-refractivity contribution in [1.82, 2.24) is 9.55 Å². The number of thioether (sulfide) groups is 1. The van der Waals surface area contributed by atoms with E-state index in [1.54, 1.807) is 34.7 Å². The lowest BCUT2D eigenvalue weighted by Crippen LogP contribution is -2.30. The third-order valence-electron chi connectivity index (χ3n) is 4.63. The van der Waals surface area contributed by atoms with Gasteiger partial charge in [0.05, 0.1) is 12.8 Å². The summed E-state index contributed by atoms with van der Waals surface area (Å²) in [6.45, 7) is 0.421. The second kappa shape index (κ2) is 7.50. The molecule has 0 atom stereocenters. The summed E-state index contributed by atoms with van der Waals surface area (Å²) < 4.78 is 20.2. The summed E-state index contributed by atoms with van der Waals surface area (Å²) in [5, 5.41) is 0.810. The summed E-state index contributed by atoms with van der Waals surface area (Å²) in [6, 6.07) is 10.2. The average molecular weight is 370 g/mol. The quantitative estimate of drug-likeness (QED) is 0.499. The minimum Gasteiger partial charge on any atom is -0.467 e. The fourth-order valence-corrected chi connectivity index (χ4v) is 4.35. The molecule has 2 aromatic heterocycles. The number of aromatic nitrogens is 2. The lowest BCUT2D eigenvalue weighted by molar-refractivity contribution is 0.471. The van der Waals surface area contributed by atoms with Crippen molar-refractivity contribution in [3.05, 3.63) is 81.5 Å². The molecular formula is C20H19FN2O2S. The van der Waals surface area contributed by atoms with Crippen molar-refractivity contribution in [2.45, 2.75) is 43.0 Å². The Labute approximate surface area is 155 Å². The van der Waals surface area contributed by atoms with E-state index in [9.17, 15) is 9.18 Å². The van der Waals surface area contributed by atoms with E-state index in [2.05, 4.69) is 4.98 Å². The maximum Gasteiger partial charge on any atom is 0.349 e. The van der Waals surface area contributed by atoms with Crippen LogP contribution in [0.25, 0.3) is 0 Å². The van der Waals surface area contributed by atoms with Crippen molar-refractivity contribution in [3.8, 4) is 0 Å². The maximum absolute atomic E-state index is 13.1. The molecule has 26 heavy (non-hydrogen) atoms. The van der Waals surface area contributed by atoms with Gasteiger partial charge in [-0.05, 0) is 55.5 Å². The molecule has 4 nitrogen and oxygen atoms in total. The van der Waals surface area contributed by atoms with Crippen LogP contribution in [0.1, 0.15) is 35.4 Å². The number of benzene rings is 1. The van der Waals surface area contributed by atoms with Crippen LogP contribution in [0.5, 0.6) is 0 Å². The maximum atomic E-state index is 13.1. The van der Waals surface area contributed by atoms with Crippen molar-refractivity contribution >= 4 is 11.8 Å². The van der Waals surface area contributed by atoms with E-state index < -0.39 is 0 Å². The largest absolute Gasteiger partial charge is 0.467 e. The number of nitrogens with zero attached hydrogens (tertiary/aromatic N) is 2. The first-order valence-electron chi connectivity index (χ1n) is 8.73. The highest BCUT2D eigenvalue weighted by Crippen LogP contribution is 2.30. The van der Waals surface area contributed by atoms with Gasteiger partial charge in [-0.15, -0.1) is 11.8 Å². The molecule has 0 amide bonds. The molecule has 4 rings (SSSR count). The second-order valence-corrected chi connectivity index (χ2v) is 7.38. The normalized spacial score (nSPS) is 13.6. The van der Waals surface area contributed by atoms with Crippen LogP contribution in [0.15, 0.2) is 56.9 Å². The minimum atomic E-state index is -0.241. The monoisotopic (exact) mass is 370 g/mol. The number of hydrogen-bond donors (Lipinski definition) is 0. The first-order valence-corrected chi connectivity index (χ1v) is 9.71. The highest BCUT2D eigenvalue weighted by molar-refractivity contribution is 7.98. The number of rotatable bonds is 5. The van der Waals surface area contributed by atoms with E-state index >= 15 is 0 Å². The lowest BCUT2D eigenvalue weighted by Gasteiger charge is -2.22. The van der Waals surface area contributed by atoms with Gasteiger partial charge < -0.3 is 4.42 Å². The van der Waals surface area contributed by atoms with E-state index in [0.29, 0.717) is 12.3 Å². The molecule has 6 heteroatoms. The third kappa shape index (κ3) is 3.60. The van der Waals surface area contributed by atoms with Crippen LogP contribution in [-0.2, 0) is 25.1 Å². The van der Waals surface area contributed by atoms with E-state index in [1.807, 2.05) is 12.1 Å². The topological polar surface area (TPSA) is 48.0 Å². The van der Waals surface area contributed by atoms with Gasteiger partial charge in [0.1, 0.15) is 16.6 Å². The van der Waals surface area contributed by atoms with Gasteiger partial charge >= 0.3 is 5.69 Å². The molecule has 134 valence electrons. The van der Waals surface area contributed by atoms with E-state index in [4.69, 9.17) is 4.42 Å². The molecule has 1 aliphatic rings. The first-order chi connectivity index (χ1) is 12.7. The van der Waals surface area contributed by atoms with Gasteiger partial charge in [-0.25, -0.2) is 9.18 Å². The highest BCUT2D eigenvalue weighted by atomic mass is 32.2. The van der Waals surface area contributed by atoms with Gasteiger partial charge in [0.2, 0.25) is 0 Å². The van der Waals surface area contributed by atoms with Crippen LogP contribution >= 0.6 is 11.8 Å². The Bertz CT molecular complexity index is 949. The Kier molecular flexibility index (Phi) is 4.93. The standard InChI is InChI=1S/C20H19FN2O2S/c21-15-9-7-14(8-10-15)13-26-19-17-5-1-2-6-18(17)23(20(24)22-19)12-16-4-3-11-25-16/h3-4,7-11H,1-2,5-6,12-13H2. The van der Waals surface area contributed by atoms with Gasteiger partial charge in [0.15, 0.2) is 0 Å². The Balaban J connectivity index is 1.64. The van der Waals surface area contributed by atoms with Gasteiger partial charge in [0.25, 0.3) is 0 Å². The Hall–Kier alpha value is -2.34. The molecule has 0 unspecified atom stereocenters. The SMILES string of the molecule is O=c1nc(SCc2ccc(F)cc2)c2c(n1Cc1ccco1)CCCC2. The zero-order valence-electron chi connectivity index (χ0n) is 14.3. The molecule has 0 aliphatic heterocycles. The molecular weight excluding hydrogens is 351 g/mol. The molecule has 0 saturated carbocycles. The molecule has 1 aliphatic carbocycles. The highest BCUT2D eigenvalue weighted by Gasteiger charge is 2.21. The van der Waals surface area contributed by atoms with Crippen molar-refractivity contribution in [3.63, 3.8) is 0 Å². The van der Waals surface area contributed by atoms with Crippen molar-refractivity contribution in [2.75, 3.05) is 0 Å². The zero-order valence-corrected chi connectivity index (χ0v) is 15.1. The van der Waals surface area contributed by atoms with Crippen LogP contribution < -0.4 is 5.69 Å². The predicted octanol–water partition coefficient (Wildman–Crippen LogP) is 4.19. The minimum absolute atomic E-state index is 0.233. The predicted molar refractivity (Wildman–Crippen MR) is 98.9 cm³/mol. The molecule has 0 N–H and O–H groups in total. The Morgan fingerprint density at radius 1 is 1.15 bits per heavy atom. The summed E-state index contributed by atoms with van der Waals surface area (Å²) in [5.74, 6) is 1.18. The smallest absolute Gasteiger partial charge is 0.349 e. The molecule has 0 spiro atoms. The van der Waals surface area contributed by atoms with E-state index in [0.717, 1.165) is 47.7 Å². The molecule has 0 fully saturated rings. The average Bonchev–Trinajstić information content (AvgIpc) is 3.17. The molecule has 2 heterocycles. The molecule has 0 radical (unpaired) electrons. The van der Waals surface area contributed by atoms with Crippen LogP contribution in [0.2, 0.25) is 0 Å².